The zero-order valence-electron chi connectivity index (χ0n) is 21.3. The van der Waals surface area contributed by atoms with Crippen LogP contribution < -0.4 is 10.6 Å². The first-order chi connectivity index (χ1) is 19.0. The highest BCUT2D eigenvalue weighted by atomic mass is 79.9. The smallest absolute Gasteiger partial charge is 0.452 e. The highest BCUT2D eigenvalue weighted by molar-refractivity contribution is 9.10. The highest BCUT2D eigenvalue weighted by Crippen LogP contribution is 2.38. The van der Waals surface area contributed by atoms with E-state index in [1.165, 1.54) is 12.1 Å². The van der Waals surface area contributed by atoms with E-state index in [4.69, 9.17) is 9.52 Å². The quantitative estimate of drug-likeness (QED) is 0.246. The Kier molecular flexibility index (Phi) is 9.28. The highest BCUT2D eigenvalue weighted by Gasteiger charge is 2.42. The third kappa shape index (κ3) is 7.71. The molecule has 2 amide bonds. The number of rotatable bonds is 9. The SMILES string of the molecule is O=C(O)CC1CCC(c2ccc(NC(=O)CCNC(=O)c3nc(-c4ccc(Br)cc4)oc3C(F)(F)F)cc2)CC1. The standard InChI is InChI=1S/C28H27BrF3N3O5/c29-20-9-5-19(6-10-20)27-35-24(25(40-27)28(30,31)32)26(39)33-14-13-22(36)34-21-11-7-18(8-12-21)17-3-1-16(2-4-17)15-23(37)38/h5-12,16-17H,1-4,13-15H2,(H,33,39)(H,34,36)(H,37,38). The van der Waals surface area contributed by atoms with Gasteiger partial charge in [0, 0.05) is 35.1 Å². The number of carbonyl (C=O) groups excluding carboxylic acids is 2. The Balaban J connectivity index is 1.28. The van der Waals surface area contributed by atoms with E-state index in [1.54, 1.807) is 24.3 Å². The van der Waals surface area contributed by atoms with Gasteiger partial charge in [0.25, 0.3) is 5.91 Å². The Morgan fingerprint density at radius 2 is 1.65 bits per heavy atom. The van der Waals surface area contributed by atoms with Crippen LogP contribution in [-0.4, -0.2) is 34.4 Å². The molecule has 3 N–H and O–H groups in total. The fourth-order valence-electron chi connectivity index (χ4n) is 4.76. The lowest BCUT2D eigenvalue weighted by atomic mass is 9.77. The van der Waals surface area contributed by atoms with Crippen LogP contribution in [0.25, 0.3) is 11.5 Å². The lowest BCUT2D eigenvalue weighted by Gasteiger charge is -2.28. The van der Waals surface area contributed by atoms with Crippen molar-refractivity contribution in [2.45, 2.75) is 50.6 Å². The molecule has 1 heterocycles. The maximum absolute atomic E-state index is 13.5. The van der Waals surface area contributed by atoms with Crippen molar-refractivity contribution in [2.75, 3.05) is 11.9 Å². The third-order valence-electron chi connectivity index (χ3n) is 6.80. The van der Waals surface area contributed by atoms with Crippen LogP contribution in [0.5, 0.6) is 0 Å². The summed E-state index contributed by atoms with van der Waals surface area (Å²) in [4.78, 5) is 39.5. The lowest BCUT2D eigenvalue weighted by Crippen LogP contribution is -2.29. The molecule has 0 radical (unpaired) electrons. The molecule has 12 heteroatoms. The summed E-state index contributed by atoms with van der Waals surface area (Å²) in [6.07, 6.45) is -1.34. The van der Waals surface area contributed by atoms with E-state index in [0.29, 0.717) is 16.1 Å². The van der Waals surface area contributed by atoms with E-state index >= 15 is 0 Å². The second-order valence-corrected chi connectivity index (χ2v) is 10.6. The Morgan fingerprint density at radius 1 is 1.00 bits per heavy atom. The van der Waals surface area contributed by atoms with Gasteiger partial charge in [-0.3, -0.25) is 14.4 Å². The van der Waals surface area contributed by atoms with Crippen molar-refractivity contribution >= 4 is 39.4 Å². The first-order valence-electron chi connectivity index (χ1n) is 12.7. The van der Waals surface area contributed by atoms with Gasteiger partial charge in [-0.2, -0.15) is 13.2 Å². The van der Waals surface area contributed by atoms with E-state index in [9.17, 15) is 27.6 Å². The van der Waals surface area contributed by atoms with Crippen molar-refractivity contribution in [3.8, 4) is 11.5 Å². The molecule has 4 rings (SSSR count). The van der Waals surface area contributed by atoms with Crippen molar-refractivity contribution in [1.29, 1.82) is 0 Å². The summed E-state index contributed by atoms with van der Waals surface area (Å²) >= 11 is 3.24. The van der Waals surface area contributed by atoms with E-state index in [-0.39, 0.29) is 36.8 Å². The second kappa shape index (κ2) is 12.7. The van der Waals surface area contributed by atoms with Gasteiger partial charge in [-0.1, -0.05) is 28.1 Å². The maximum Gasteiger partial charge on any atom is 0.452 e. The van der Waals surface area contributed by atoms with Gasteiger partial charge in [0.1, 0.15) is 0 Å². The zero-order valence-corrected chi connectivity index (χ0v) is 22.8. The monoisotopic (exact) mass is 621 g/mol. The molecule has 0 atom stereocenters. The molecule has 1 aliphatic carbocycles. The van der Waals surface area contributed by atoms with Crippen LogP contribution in [0, 0.1) is 5.92 Å². The number of nitrogens with one attached hydrogen (secondary N) is 2. The molecule has 2 aromatic carbocycles. The number of anilines is 1. The summed E-state index contributed by atoms with van der Waals surface area (Å²) in [5.74, 6) is -3.60. The number of hydrogen-bond acceptors (Lipinski definition) is 5. The van der Waals surface area contributed by atoms with Crippen molar-refractivity contribution in [3.05, 3.63) is 70.0 Å². The molecule has 212 valence electrons. The zero-order chi connectivity index (χ0) is 28.9. The largest absolute Gasteiger partial charge is 0.481 e. The van der Waals surface area contributed by atoms with E-state index in [2.05, 4.69) is 31.5 Å². The molecule has 0 aliphatic heterocycles. The second-order valence-electron chi connectivity index (χ2n) is 9.69. The number of oxazole rings is 1. The number of benzene rings is 2. The molecule has 0 saturated heterocycles. The van der Waals surface area contributed by atoms with Crippen LogP contribution in [-0.2, 0) is 15.8 Å². The number of hydrogen-bond donors (Lipinski definition) is 3. The average Bonchev–Trinajstić information content (AvgIpc) is 3.36. The van der Waals surface area contributed by atoms with Crippen LogP contribution in [0.2, 0.25) is 0 Å². The first kappa shape index (κ1) is 29.3. The number of carbonyl (C=O) groups is 3. The minimum atomic E-state index is -4.94. The summed E-state index contributed by atoms with van der Waals surface area (Å²) in [5.41, 5.74) is 1.03. The van der Waals surface area contributed by atoms with Gasteiger partial charge < -0.3 is 20.2 Å². The van der Waals surface area contributed by atoms with Crippen molar-refractivity contribution in [2.24, 2.45) is 5.92 Å². The average molecular weight is 622 g/mol. The van der Waals surface area contributed by atoms with Crippen molar-refractivity contribution < 1.29 is 37.1 Å². The Hall–Kier alpha value is -3.67. The van der Waals surface area contributed by atoms with Crippen LogP contribution in [0.1, 0.15) is 66.3 Å². The normalized spacial score (nSPS) is 17.3. The predicted molar refractivity (Wildman–Crippen MR) is 144 cm³/mol. The van der Waals surface area contributed by atoms with Crippen LogP contribution in [0.15, 0.2) is 57.4 Å². The van der Waals surface area contributed by atoms with Crippen LogP contribution >= 0.6 is 15.9 Å². The van der Waals surface area contributed by atoms with Crippen LogP contribution in [0.4, 0.5) is 18.9 Å². The molecule has 1 fully saturated rings. The number of aromatic nitrogens is 1. The molecule has 0 bridgehead atoms. The molecular weight excluding hydrogens is 595 g/mol. The van der Waals surface area contributed by atoms with Gasteiger partial charge in [-0.25, -0.2) is 4.98 Å². The maximum atomic E-state index is 13.5. The topological polar surface area (TPSA) is 122 Å². The Morgan fingerprint density at radius 3 is 2.25 bits per heavy atom. The van der Waals surface area contributed by atoms with Gasteiger partial charge in [0.2, 0.25) is 17.6 Å². The van der Waals surface area contributed by atoms with Gasteiger partial charge in [0.15, 0.2) is 5.69 Å². The molecule has 1 aromatic heterocycles. The van der Waals surface area contributed by atoms with Crippen LogP contribution in [0.3, 0.4) is 0 Å². The molecule has 3 aromatic rings. The third-order valence-corrected chi connectivity index (χ3v) is 7.33. The van der Waals surface area contributed by atoms with Crippen molar-refractivity contribution in [1.82, 2.24) is 10.3 Å². The summed E-state index contributed by atoms with van der Waals surface area (Å²) in [6.45, 7) is -0.208. The fraction of sp³-hybridized carbons (Fsp3) is 0.357. The predicted octanol–water partition coefficient (Wildman–Crippen LogP) is 6.63. The number of alkyl halides is 3. The van der Waals surface area contributed by atoms with Gasteiger partial charge in [0.05, 0.1) is 0 Å². The molecular formula is C28H27BrF3N3O5. The lowest BCUT2D eigenvalue weighted by molar-refractivity contribution is -0.153. The number of nitrogens with zero attached hydrogens (tertiary/aromatic N) is 1. The van der Waals surface area contributed by atoms with Gasteiger partial charge in [-0.05, 0) is 79.5 Å². The summed E-state index contributed by atoms with van der Waals surface area (Å²) in [6, 6.07) is 13.6. The summed E-state index contributed by atoms with van der Waals surface area (Å²) in [5, 5.41) is 14.0. The minimum Gasteiger partial charge on any atom is -0.481 e. The molecule has 8 nitrogen and oxygen atoms in total. The number of carboxylic acid groups (broad SMARTS) is 1. The molecule has 0 spiro atoms. The molecule has 40 heavy (non-hydrogen) atoms. The Bertz CT molecular complexity index is 1350. The number of amides is 2. The first-order valence-corrected chi connectivity index (χ1v) is 13.5. The van der Waals surface area contributed by atoms with Gasteiger partial charge in [-0.15, -0.1) is 0 Å². The minimum absolute atomic E-state index is 0.167. The fourth-order valence-corrected chi connectivity index (χ4v) is 5.03. The number of halogens is 4. The summed E-state index contributed by atoms with van der Waals surface area (Å²) < 4.78 is 46.1. The van der Waals surface area contributed by atoms with Gasteiger partial charge >= 0.3 is 12.1 Å². The van der Waals surface area contributed by atoms with E-state index in [1.807, 2.05) is 12.1 Å². The summed E-state index contributed by atoms with van der Waals surface area (Å²) in [7, 11) is 0. The number of carboxylic acids is 1. The molecule has 0 unspecified atom stereocenters. The molecule has 1 saturated carbocycles. The van der Waals surface area contributed by atoms with E-state index < -0.39 is 35.4 Å². The van der Waals surface area contributed by atoms with E-state index in [0.717, 1.165) is 31.2 Å². The molecule has 1 aliphatic rings. The number of aliphatic carboxylic acids is 1. The van der Waals surface area contributed by atoms with Crippen molar-refractivity contribution in [3.63, 3.8) is 0 Å². The Labute approximate surface area is 236 Å².